The fraction of sp³-hybridized carbons (Fsp3) is 0.167. The minimum absolute atomic E-state index is 0.108. The van der Waals surface area contributed by atoms with Crippen molar-refractivity contribution in [3.8, 4) is 0 Å². The summed E-state index contributed by atoms with van der Waals surface area (Å²) >= 11 is 1.95. The number of carbonyl (C=O) groups excluding carboxylic acids is 1. The van der Waals surface area contributed by atoms with Crippen molar-refractivity contribution in [2.75, 3.05) is 0 Å². The average molecular weight is 385 g/mol. The van der Waals surface area contributed by atoms with Crippen molar-refractivity contribution >= 4 is 28.5 Å². The molecular formula is C12H12IN5O2. The van der Waals surface area contributed by atoms with E-state index in [1.165, 1.54) is 17.0 Å². The topological polar surface area (TPSA) is 103 Å². The Kier molecular flexibility index (Phi) is 4.45. The lowest BCUT2D eigenvalue weighted by atomic mass is 10.2. The number of carbonyl (C=O) groups is 1. The van der Waals surface area contributed by atoms with E-state index in [0.29, 0.717) is 27.2 Å². The van der Waals surface area contributed by atoms with Crippen molar-refractivity contribution in [1.82, 2.24) is 20.0 Å². The summed E-state index contributed by atoms with van der Waals surface area (Å²) in [6.07, 6.45) is 2.95. The molecule has 0 unspecified atom stereocenters. The number of pyridine rings is 1. The molecule has 0 aromatic carbocycles. The lowest BCUT2D eigenvalue weighted by Crippen LogP contribution is -2.30. The third kappa shape index (κ3) is 3.02. The zero-order valence-corrected chi connectivity index (χ0v) is 12.8. The molecule has 2 aromatic rings. The Hall–Kier alpha value is -1.81. The number of nitrogens with one attached hydrogen (secondary N) is 1. The van der Waals surface area contributed by atoms with Crippen LogP contribution in [0.15, 0.2) is 29.3 Å². The zero-order valence-electron chi connectivity index (χ0n) is 10.6. The van der Waals surface area contributed by atoms with Crippen molar-refractivity contribution in [3.63, 3.8) is 0 Å². The molecule has 3 N–H and O–H groups in total. The van der Waals surface area contributed by atoms with E-state index in [1.807, 2.05) is 28.0 Å². The standard InChI is InChI=1S/C12H12IN5O2/c1-7-15-5-10(13)12(20)18(7)6-9-3-2-8(4-16-9)11(19)17-14/h2-5H,6,14H2,1H3,(H,17,19). The number of nitrogens with two attached hydrogens (primary N) is 1. The molecule has 0 aliphatic heterocycles. The van der Waals surface area contributed by atoms with Gasteiger partial charge in [0.15, 0.2) is 0 Å². The molecule has 8 heteroatoms. The second-order valence-electron chi connectivity index (χ2n) is 4.06. The number of nitrogen functional groups attached to an aromatic ring is 1. The molecular weight excluding hydrogens is 373 g/mol. The van der Waals surface area contributed by atoms with Crippen LogP contribution in [-0.2, 0) is 6.54 Å². The summed E-state index contributed by atoms with van der Waals surface area (Å²) in [6.45, 7) is 2.06. The maximum absolute atomic E-state index is 12.0. The van der Waals surface area contributed by atoms with Gasteiger partial charge in [-0.1, -0.05) is 0 Å². The molecule has 7 nitrogen and oxygen atoms in total. The molecule has 1 amide bonds. The van der Waals surface area contributed by atoms with E-state index in [1.54, 1.807) is 19.1 Å². The van der Waals surface area contributed by atoms with E-state index in [9.17, 15) is 9.59 Å². The van der Waals surface area contributed by atoms with Crippen molar-refractivity contribution < 1.29 is 4.79 Å². The number of hydrogen-bond acceptors (Lipinski definition) is 5. The van der Waals surface area contributed by atoms with Crippen molar-refractivity contribution in [2.24, 2.45) is 5.84 Å². The minimum atomic E-state index is -0.409. The predicted molar refractivity (Wildman–Crippen MR) is 80.9 cm³/mol. The first-order chi connectivity index (χ1) is 9.52. The van der Waals surface area contributed by atoms with Gasteiger partial charge in [-0.25, -0.2) is 10.8 Å². The van der Waals surface area contributed by atoms with Gasteiger partial charge in [0.25, 0.3) is 11.5 Å². The van der Waals surface area contributed by atoms with Crippen LogP contribution in [-0.4, -0.2) is 20.4 Å². The molecule has 2 rings (SSSR count). The van der Waals surface area contributed by atoms with Crippen LogP contribution >= 0.6 is 22.6 Å². The van der Waals surface area contributed by atoms with E-state index in [-0.39, 0.29) is 5.56 Å². The second kappa shape index (κ2) is 6.09. The first-order valence-electron chi connectivity index (χ1n) is 5.70. The molecule has 0 bridgehead atoms. The Morgan fingerprint density at radius 2 is 2.15 bits per heavy atom. The summed E-state index contributed by atoms with van der Waals surface area (Å²) in [5.41, 5.74) is 2.95. The molecule has 20 heavy (non-hydrogen) atoms. The van der Waals surface area contributed by atoms with Gasteiger partial charge in [0.2, 0.25) is 0 Å². The summed E-state index contributed by atoms with van der Waals surface area (Å²) in [6, 6.07) is 3.28. The third-order valence-corrected chi connectivity index (χ3v) is 3.48. The normalized spacial score (nSPS) is 10.3. The summed E-state index contributed by atoms with van der Waals surface area (Å²) in [4.78, 5) is 31.6. The van der Waals surface area contributed by atoms with Crippen LogP contribution in [0.1, 0.15) is 21.9 Å². The molecule has 0 aliphatic carbocycles. The number of hydrogen-bond donors (Lipinski definition) is 2. The summed E-state index contributed by atoms with van der Waals surface area (Å²) in [5.74, 6) is 5.24. The third-order valence-electron chi connectivity index (χ3n) is 2.74. The Labute approximate surface area is 128 Å². The smallest absolute Gasteiger partial charge is 0.267 e. The lowest BCUT2D eigenvalue weighted by molar-refractivity contribution is 0.0953. The number of amides is 1. The molecule has 0 fully saturated rings. The van der Waals surface area contributed by atoms with E-state index >= 15 is 0 Å². The quantitative estimate of drug-likeness (QED) is 0.340. The van der Waals surface area contributed by atoms with Crippen LogP contribution in [0, 0.1) is 10.5 Å². The largest absolute Gasteiger partial charge is 0.290 e. The lowest BCUT2D eigenvalue weighted by Gasteiger charge is -2.09. The maximum atomic E-state index is 12.0. The molecule has 0 saturated carbocycles. The second-order valence-corrected chi connectivity index (χ2v) is 5.22. The number of rotatable bonds is 3. The highest BCUT2D eigenvalue weighted by atomic mass is 127. The molecule has 0 radical (unpaired) electrons. The van der Waals surface area contributed by atoms with E-state index in [4.69, 9.17) is 5.84 Å². The molecule has 2 heterocycles. The highest BCUT2D eigenvalue weighted by molar-refractivity contribution is 14.1. The van der Waals surface area contributed by atoms with Crippen LogP contribution < -0.4 is 16.8 Å². The van der Waals surface area contributed by atoms with Gasteiger partial charge in [-0.3, -0.25) is 24.6 Å². The van der Waals surface area contributed by atoms with E-state index in [2.05, 4.69) is 9.97 Å². The van der Waals surface area contributed by atoms with Gasteiger partial charge in [0, 0.05) is 12.4 Å². The molecule has 0 aliphatic rings. The Morgan fingerprint density at radius 1 is 1.40 bits per heavy atom. The zero-order chi connectivity index (χ0) is 14.7. The van der Waals surface area contributed by atoms with Crippen LogP contribution in [0.4, 0.5) is 0 Å². The fourth-order valence-corrected chi connectivity index (χ4v) is 2.07. The van der Waals surface area contributed by atoms with Crippen molar-refractivity contribution in [3.05, 3.63) is 55.5 Å². The molecule has 0 spiro atoms. The highest BCUT2D eigenvalue weighted by Gasteiger charge is 2.08. The van der Waals surface area contributed by atoms with Crippen LogP contribution in [0.2, 0.25) is 0 Å². The molecule has 0 saturated heterocycles. The van der Waals surface area contributed by atoms with Crippen molar-refractivity contribution in [1.29, 1.82) is 0 Å². The Balaban J connectivity index is 2.29. The van der Waals surface area contributed by atoms with Gasteiger partial charge in [-0.15, -0.1) is 0 Å². The van der Waals surface area contributed by atoms with Crippen molar-refractivity contribution in [2.45, 2.75) is 13.5 Å². The molecule has 104 valence electrons. The maximum Gasteiger partial charge on any atom is 0.267 e. The number of hydrazine groups is 1. The number of aryl methyl sites for hydroxylation is 1. The number of halogens is 1. The van der Waals surface area contributed by atoms with Crippen LogP contribution in [0.25, 0.3) is 0 Å². The van der Waals surface area contributed by atoms with Gasteiger partial charge in [-0.2, -0.15) is 0 Å². The monoisotopic (exact) mass is 385 g/mol. The molecule has 2 aromatic heterocycles. The average Bonchev–Trinajstić information content (AvgIpc) is 2.47. The van der Waals surface area contributed by atoms with Gasteiger partial charge in [-0.05, 0) is 41.6 Å². The SMILES string of the molecule is Cc1ncc(I)c(=O)n1Cc1ccc(C(=O)NN)cn1. The summed E-state index contributed by atoms with van der Waals surface area (Å²) in [5, 5.41) is 0. The first kappa shape index (κ1) is 14.6. The van der Waals surface area contributed by atoms with Gasteiger partial charge < -0.3 is 0 Å². The Morgan fingerprint density at radius 3 is 2.75 bits per heavy atom. The number of nitrogens with zero attached hydrogens (tertiary/aromatic N) is 3. The molecule has 0 atom stereocenters. The Bertz CT molecular complexity index is 696. The van der Waals surface area contributed by atoms with E-state index in [0.717, 1.165) is 0 Å². The summed E-state index contributed by atoms with van der Waals surface area (Å²) < 4.78 is 2.08. The van der Waals surface area contributed by atoms with Gasteiger partial charge in [0.1, 0.15) is 5.82 Å². The van der Waals surface area contributed by atoms with Gasteiger partial charge >= 0.3 is 0 Å². The highest BCUT2D eigenvalue weighted by Crippen LogP contribution is 2.04. The van der Waals surface area contributed by atoms with E-state index < -0.39 is 5.91 Å². The summed E-state index contributed by atoms with van der Waals surface area (Å²) in [7, 11) is 0. The fourth-order valence-electron chi connectivity index (χ4n) is 1.63. The van der Waals surface area contributed by atoms with Crippen LogP contribution in [0.3, 0.4) is 0 Å². The predicted octanol–water partition coefficient (Wildman–Crippen LogP) is 0.203. The van der Waals surface area contributed by atoms with Gasteiger partial charge in [0.05, 0.1) is 21.4 Å². The number of aromatic nitrogens is 3. The van der Waals surface area contributed by atoms with Crippen LogP contribution in [0.5, 0.6) is 0 Å². The first-order valence-corrected chi connectivity index (χ1v) is 6.78. The minimum Gasteiger partial charge on any atom is -0.290 e.